The number of nitrogens with one attached hydrogen (secondary N) is 1. The standard InChI is InChI=1S/C11H12N2O2/c12-11-13(6-7-15-11)8-10(14)9-4-2-1-3-5-9/h1-5,12H,6-8H2. The van der Waals surface area contributed by atoms with Gasteiger partial charge in [-0.3, -0.25) is 10.2 Å². The summed E-state index contributed by atoms with van der Waals surface area (Å²) in [4.78, 5) is 13.4. The number of ketones is 1. The molecule has 2 rings (SSSR count). The van der Waals surface area contributed by atoms with Gasteiger partial charge in [0.2, 0.25) is 0 Å². The van der Waals surface area contributed by atoms with Crippen molar-refractivity contribution >= 4 is 11.8 Å². The molecule has 0 atom stereocenters. The summed E-state index contributed by atoms with van der Waals surface area (Å²) >= 11 is 0. The fourth-order valence-electron chi connectivity index (χ4n) is 1.48. The zero-order valence-electron chi connectivity index (χ0n) is 8.27. The van der Waals surface area contributed by atoms with Gasteiger partial charge in [-0.15, -0.1) is 0 Å². The molecule has 0 spiro atoms. The van der Waals surface area contributed by atoms with Gasteiger partial charge in [-0.2, -0.15) is 0 Å². The smallest absolute Gasteiger partial charge is 0.284 e. The van der Waals surface area contributed by atoms with Crippen LogP contribution < -0.4 is 0 Å². The maximum absolute atomic E-state index is 11.8. The van der Waals surface area contributed by atoms with E-state index in [-0.39, 0.29) is 18.3 Å². The van der Waals surface area contributed by atoms with Crippen LogP contribution in [0.3, 0.4) is 0 Å². The maximum atomic E-state index is 11.8. The molecule has 0 aromatic heterocycles. The number of rotatable bonds is 3. The summed E-state index contributed by atoms with van der Waals surface area (Å²) in [5.41, 5.74) is 0.678. The van der Waals surface area contributed by atoms with Crippen LogP contribution in [0.25, 0.3) is 0 Å². The molecular weight excluding hydrogens is 192 g/mol. The molecule has 15 heavy (non-hydrogen) atoms. The molecule has 1 heterocycles. The highest BCUT2D eigenvalue weighted by Crippen LogP contribution is 2.06. The molecule has 1 aromatic rings. The van der Waals surface area contributed by atoms with E-state index >= 15 is 0 Å². The number of benzene rings is 1. The molecule has 0 bridgehead atoms. The third-order valence-electron chi connectivity index (χ3n) is 2.32. The second kappa shape index (κ2) is 4.13. The van der Waals surface area contributed by atoms with Gasteiger partial charge in [0, 0.05) is 5.56 Å². The lowest BCUT2D eigenvalue weighted by atomic mass is 10.1. The minimum absolute atomic E-state index is 0.0193. The molecule has 1 fully saturated rings. The van der Waals surface area contributed by atoms with E-state index < -0.39 is 0 Å². The van der Waals surface area contributed by atoms with Crippen LogP contribution in [0.5, 0.6) is 0 Å². The normalized spacial score (nSPS) is 15.2. The molecule has 4 heteroatoms. The predicted molar refractivity (Wildman–Crippen MR) is 56.0 cm³/mol. The number of carbonyl (C=O) groups is 1. The molecule has 0 amide bonds. The zero-order valence-corrected chi connectivity index (χ0v) is 8.27. The summed E-state index contributed by atoms with van der Waals surface area (Å²) in [6.07, 6.45) is 0. The van der Waals surface area contributed by atoms with Crippen molar-refractivity contribution in [2.24, 2.45) is 0 Å². The van der Waals surface area contributed by atoms with Gasteiger partial charge in [-0.25, -0.2) is 0 Å². The first kappa shape index (κ1) is 9.71. The Morgan fingerprint density at radius 3 is 2.73 bits per heavy atom. The predicted octanol–water partition coefficient (Wildman–Crippen LogP) is 1.14. The fraction of sp³-hybridized carbons (Fsp3) is 0.273. The van der Waals surface area contributed by atoms with Gasteiger partial charge in [0.1, 0.15) is 6.61 Å². The van der Waals surface area contributed by atoms with Crippen molar-refractivity contribution in [2.75, 3.05) is 19.7 Å². The van der Waals surface area contributed by atoms with Crippen molar-refractivity contribution < 1.29 is 9.53 Å². The molecule has 0 radical (unpaired) electrons. The summed E-state index contributed by atoms with van der Waals surface area (Å²) < 4.78 is 4.96. The fourth-order valence-corrected chi connectivity index (χ4v) is 1.48. The molecule has 0 aliphatic carbocycles. The van der Waals surface area contributed by atoms with Crippen molar-refractivity contribution in [3.05, 3.63) is 35.9 Å². The molecule has 4 nitrogen and oxygen atoms in total. The Hall–Kier alpha value is -1.84. The van der Waals surface area contributed by atoms with Gasteiger partial charge in [0.05, 0.1) is 13.1 Å². The number of ether oxygens (including phenoxy) is 1. The van der Waals surface area contributed by atoms with Gasteiger partial charge in [0.15, 0.2) is 5.78 Å². The number of Topliss-reactive ketones (excluding diaryl/α,β-unsaturated/α-hetero) is 1. The molecule has 1 aromatic carbocycles. The minimum Gasteiger partial charge on any atom is -0.463 e. The monoisotopic (exact) mass is 204 g/mol. The molecule has 0 saturated carbocycles. The van der Waals surface area contributed by atoms with E-state index in [9.17, 15) is 4.79 Å². The molecule has 1 N–H and O–H groups in total. The Bertz CT molecular complexity index is 375. The molecule has 1 aliphatic rings. The van der Waals surface area contributed by atoms with E-state index in [0.717, 1.165) is 0 Å². The first-order chi connectivity index (χ1) is 7.27. The Morgan fingerprint density at radius 1 is 1.40 bits per heavy atom. The first-order valence-electron chi connectivity index (χ1n) is 4.82. The van der Waals surface area contributed by atoms with Crippen molar-refractivity contribution in [1.82, 2.24) is 4.90 Å². The van der Waals surface area contributed by atoms with E-state index in [1.807, 2.05) is 18.2 Å². The van der Waals surface area contributed by atoms with Crippen molar-refractivity contribution in [3.8, 4) is 0 Å². The lowest BCUT2D eigenvalue weighted by molar-refractivity contribution is 0.0965. The van der Waals surface area contributed by atoms with Crippen LogP contribution in [0.15, 0.2) is 30.3 Å². The molecule has 0 unspecified atom stereocenters. The average Bonchev–Trinajstić information content (AvgIpc) is 2.66. The summed E-state index contributed by atoms with van der Waals surface area (Å²) in [5, 5.41) is 7.41. The van der Waals surface area contributed by atoms with E-state index in [2.05, 4.69) is 0 Å². The van der Waals surface area contributed by atoms with E-state index in [1.54, 1.807) is 17.0 Å². The summed E-state index contributed by atoms with van der Waals surface area (Å²) in [5.74, 6) is 0.0193. The van der Waals surface area contributed by atoms with E-state index in [0.29, 0.717) is 18.7 Å². The van der Waals surface area contributed by atoms with Crippen LogP contribution >= 0.6 is 0 Å². The van der Waals surface area contributed by atoms with Crippen molar-refractivity contribution in [2.45, 2.75) is 0 Å². The Balaban J connectivity index is 2.01. The number of hydrogen-bond acceptors (Lipinski definition) is 3. The minimum atomic E-state index is 0.0193. The van der Waals surface area contributed by atoms with Crippen LogP contribution in [-0.2, 0) is 4.74 Å². The van der Waals surface area contributed by atoms with Crippen LogP contribution in [0.1, 0.15) is 10.4 Å². The van der Waals surface area contributed by atoms with E-state index in [4.69, 9.17) is 10.1 Å². The van der Waals surface area contributed by atoms with Crippen molar-refractivity contribution in [1.29, 1.82) is 5.41 Å². The SMILES string of the molecule is N=C1OCCN1CC(=O)c1ccccc1. The van der Waals surface area contributed by atoms with Crippen LogP contribution in [-0.4, -0.2) is 36.4 Å². The highest BCUT2D eigenvalue weighted by molar-refractivity contribution is 5.99. The largest absolute Gasteiger partial charge is 0.463 e. The third-order valence-corrected chi connectivity index (χ3v) is 2.32. The maximum Gasteiger partial charge on any atom is 0.284 e. The topological polar surface area (TPSA) is 53.4 Å². The van der Waals surface area contributed by atoms with Gasteiger partial charge < -0.3 is 9.64 Å². The number of carbonyl (C=O) groups excluding carboxylic acids is 1. The number of amidine groups is 1. The average molecular weight is 204 g/mol. The Morgan fingerprint density at radius 2 is 2.13 bits per heavy atom. The highest BCUT2D eigenvalue weighted by Gasteiger charge is 2.21. The van der Waals surface area contributed by atoms with Gasteiger partial charge in [-0.05, 0) is 0 Å². The zero-order chi connectivity index (χ0) is 10.7. The molecule has 78 valence electrons. The second-order valence-corrected chi connectivity index (χ2v) is 3.36. The highest BCUT2D eigenvalue weighted by atomic mass is 16.5. The molecular formula is C11H12N2O2. The first-order valence-corrected chi connectivity index (χ1v) is 4.82. The van der Waals surface area contributed by atoms with Gasteiger partial charge in [-0.1, -0.05) is 30.3 Å². The van der Waals surface area contributed by atoms with Gasteiger partial charge in [0.25, 0.3) is 6.02 Å². The molecule has 1 aliphatic heterocycles. The quantitative estimate of drug-likeness (QED) is 0.751. The van der Waals surface area contributed by atoms with E-state index in [1.165, 1.54) is 0 Å². The summed E-state index contributed by atoms with van der Waals surface area (Å²) in [6.45, 7) is 1.35. The van der Waals surface area contributed by atoms with Crippen LogP contribution in [0.2, 0.25) is 0 Å². The lowest BCUT2D eigenvalue weighted by Crippen LogP contribution is -2.30. The third kappa shape index (κ3) is 2.15. The second-order valence-electron chi connectivity index (χ2n) is 3.36. The van der Waals surface area contributed by atoms with Crippen LogP contribution in [0.4, 0.5) is 0 Å². The van der Waals surface area contributed by atoms with Gasteiger partial charge >= 0.3 is 0 Å². The number of hydrogen-bond donors (Lipinski definition) is 1. The van der Waals surface area contributed by atoms with Crippen molar-refractivity contribution in [3.63, 3.8) is 0 Å². The Kier molecular flexibility index (Phi) is 2.67. The summed E-state index contributed by atoms with van der Waals surface area (Å²) in [7, 11) is 0. The van der Waals surface area contributed by atoms with Crippen LogP contribution in [0, 0.1) is 5.41 Å². The molecule has 1 saturated heterocycles. The summed E-state index contributed by atoms with van der Waals surface area (Å²) in [6, 6.07) is 9.20. The Labute approximate surface area is 88.0 Å². The number of nitrogens with zero attached hydrogens (tertiary/aromatic N) is 1. The lowest BCUT2D eigenvalue weighted by Gasteiger charge is -2.13.